The quantitative estimate of drug-likeness (QED) is 0.672. The Balaban J connectivity index is 1.59. The molecule has 0 atom stereocenters. The maximum atomic E-state index is 13.3. The van der Waals surface area contributed by atoms with E-state index in [1.165, 1.54) is 4.68 Å². The second-order valence-corrected chi connectivity index (χ2v) is 6.83. The Morgan fingerprint density at radius 1 is 1.07 bits per heavy atom. The highest BCUT2D eigenvalue weighted by molar-refractivity contribution is 6.04. The summed E-state index contributed by atoms with van der Waals surface area (Å²) in [5, 5.41) is 5.49. The van der Waals surface area contributed by atoms with Crippen LogP contribution in [-0.2, 0) is 6.54 Å². The van der Waals surface area contributed by atoms with Gasteiger partial charge in [-0.3, -0.25) is 9.59 Å². The van der Waals surface area contributed by atoms with Gasteiger partial charge in [0.15, 0.2) is 5.69 Å². The summed E-state index contributed by atoms with van der Waals surface area (Å²) in [5.74, 6) is 0.427. The maximum absolute atomic E-state index is 13.3. The minimum atomic E-state index is -0.173. The lowest BCUT2D eigenvalue weighted by atomic mass is 10.1. The van der Waals surface area contributed by atoms with E-state index in [0.29, 0.717) is 55.1 Å². The van der Waals surface area contributed by atoms with E-state index in [1.54, 1.807) is 36.4 Å². The number of benzene rings is 1. The molecule has 1 saturated heterocycles. The van der Waals surface area contributed by atoms with Crippen LogP contribution in [0.5, 0.6) is 5.88 Å². The highest BCUT2D eigenvalue weighted by atomic mass is 16.5. The zero-order valence-corrected chi connectivity index (χ0v) is 16.5. The van der Waals surface area contributed by atoms with E-state index < -0.39 is 0 Å². The van der Waals surface area contributed by atoms with Crippen molar-refractivity contribution in [2.75, 3.05) is 38.2 Å². The number of nitrogens with zero attached hydrogens (tertiary/aromatic N) is 5. The van der Waals surface area contributed by atoms with Crippen molar-refractivity contribution in [3.63, 3.8) is 0 Å². The first kappa shape index (κ1) is 18.9. The number of carbonyl (C=O) groups is 1. The summed E-state index contributed by atoms with van der Waals surface area (Å²) in [7, 11) is 1.60. The summed E-state index contributed by atoms with van der Waals surface area (Å²) in [6.45, 7) is 4.70. The second kappa shape index (κ2) is 7.90. The molecule has 8 nitrogen and oxygen atoms in total. The van der Waals surface area contributed by atoms with Gasteiger partial charge in [-0.05, 0) is 25.1 Å². The fraction of sp³-hybridized carbons (Fsp3) is 0.333. The molecule has 150 valence electrons. The molecule has 1 aromatic carbocycles. The summed E-state index contributed by atoms with van der Waals surface area (Å²) in [6, 6.07) is 11.0. The lowest BCUT2D eigenvalue weighted by molar-refractivity contribution is 0.0740. The average Bonchev–Trinajstić information content (AvgIpc) is 2.79. The van der Waals surface area contributed by atoms with Gasteiger partial charge in [-0.1, -0.05) is 18.2 Å². The zero-order valence-electron chi connectivity index (χ0n) is 16.5. The first-order valence-corrected chi connectivity index (χ1v) is 9.67. The number of aromatic nitrogens is 3. The highest BCUT2D eigenvalue weighted by Gasteiger charge is 2.27. The molecule has 0 aliphatic carbocycles. The fourth-order valence-electron chi connectivity index (χ4n) is 3.69. The predicted octanol–water partition coefficient (Wildman–Crippen LogP) is 1.78. The van der Waals surface area contributed by atoms with E-state index in [-0.39, 0.29) is 11.5 Å². The topological polar surface area (TPSA) is 80.6 Å². The van der Waals surface area contributed by atoms with Crippen LogP contribution in [0.15, 0.2) is 47.4 Å². The Kier molecular flexibility index (Phi) is 5.16. The van der Waals surface area contributed by atoms with Gasteiger partial charge in [0.2, 0.25) is 5.88 Å². The number of rotatable bonds is 4. The lowest BCUT2D eigenvalue weighted by Crippen LogP contribution is -2.49. The molecule has 0 unspecified atom stereocenters. The average molecular weight is 393 g/mol. The molecule has 1 aliphatic heterocycles. The van der Waals surface area contributed by atoms with Gasteiger partial charge in [0.05, 0.1) is 18.2 Å². The number of piperazine rings is 1. The van der Waals surface area contributed by atoms with Crippen LogP contribution in [0.4, 0.5) is 5.69 Å². The molecule has 0 N–H and O–H groups in total. The number of methoxy groups -OCH3 is 1. The van der Waals surface area contributed by atoms with Gasteiger partial charge in [0, 0.05) is 44.3 Å². The monoisotopic (exact) mass is 393 g/mol. The van der Waals surface area contributed by atoms with E-state index in [1.807, 2.05) is 25.1 Å². The molecule has 1 fully saturated rings. The maximum Gasteiger partial charge on any atom is 0.275 e. The van der Waals surface area contributed by atoms with Crippen LogP contribution in [0.3, 0.4) is 0 Å². The van der Waals surface area contributed by atoms with Crippen molar-refractivity contribution in [3.8, 4) is 5.88 Å². The number of aryl methyl sites for hydroxylation is 1. The van der Waals surface area contributed by atoms with Gasteiger partial charge >= 0.3 is 0 Å². The van der Waals surface area contributed by atoms with Crippen LogP contribution in [0.1, 0.15) is 17.4 Å². The van der Waals surface area contributed by atoms with Crippen LogP contribution in [0.25, 0.3) is 10.8 Å². The standard InChI is InChI=1S/C21H23N5O3/c1-3-26-20(27)16-8-5-4-7-15(16)18(23-26)21(28)25-13-11-24(12-14-25)17-9-6-10-22-19(17)29-2/h4-10H,3,11-14H2,1-2H3. The van der Waals surface area contributed by atoms with Gasteiger partial charge in [-0.25, -0.2) is 9.67 Å². The van der Waals surface area contributed by atoms with Crippen LogP contribution < -0.4 is 15.2 Å². The molecular formula is C21H23N5O3. The molecule has 0 bridgehead atoms. The van der Waals surface area contributed by atoms with E-state index in [9.17, 15) is 9.59 Å². The molecule has 0 radical (unpaired) electrons. The van der Waals surface area contributed by atoms with Gasteiger partial charge < -0.3 is 14.5 Å². The number of pyridine rings is 1. The van der Waals surface area contributed by atoms with E-state index in [4.69, 9.17) is 4.74 Å². The molecule has 1 amide bonds. The molecule has 3 aromatic rings. The highest BCUT2D eigenvalue weighted by Crippen LogP contribution is 2.26. The summed E-state index contributed by atoms with van der Waals surface area (Å²) in [6.07, 6.45) is 1.70. The number of fused-ring (bicyclic) bond motifs is 1. The van der Waals surface area contributed by atoms with E-state index >= 15 is 0 Å². The number of anilines is 1. The normalized spacial score (nSPS) is 14.3. The number of hydrogen-bond acceptors (Lipinski definition) is 6. The van der Waals surface area contributed by atoms with Gasteiger partial charge in [-0.15, -0.1) is 0 Å². The summed E-state index contributed by atoms with van der Waals surface area (Å²) < 4.78 is 6.70. The lowest BCUT2D eigenvalue weighted by Gasteiger charge is -2.36. The summed E-state index contributed by atoms with van der Waals surface area (Å²) in [5.41, 5.74) is 1.08. The molecule has 0 saturated carbocycles. The van der Waals surface area contributed by atoms with Gasteiger partial charge in [-0.2, -0.15) is 5.10 Å². The first-order chi connectivity index (χ1) is 14.1. The number of ether oxygens (including phenoxy) is 1. The first-order valence-electron chi connectivity index (χ1n) is 9.67. The van der Waals surface area contributed by atoms with E-state index in [2.05, 4.69) is 15.0 Å². The smallest absolute Gasteiger partial charge is 0.275 e. The predicted molar refractivity (Wildman–Crippen MR) is 111 cm³/mol. The van der Waals surface area contributed by atoms with Gasteiger partial charge in [0.1, 0.15) is 0 Å². The third-order valence-corrected chi connectivity index (χ3v) is 5.22. The zero-order chi connectivity index (χ0) is 20.4. The number of hydrogen-bond donors (Lipinski definition) is 0. The molecule has 29 heavy (non-hydrogen) atoms. The van der Waals surface area contributed by atoms with Crippen LogP contribution >= 0.6 is 0 Å². The minimum Gasteiger partial charge on any atom is -0.480 e. The molecule has 1 aliphatic rings. The van der Waals surface area contributed by atoms with Crippen molar-refractivity contribution in [3.05, 3.63) is 58.6 Å². The Hall–Kier alpha value is -3.42. The number of carbonyl (C=O) groups excluding carboxylic acids is 1. The van der Waals surface area contributed by atoms with Crippen LogP contribution in [0, 0.1) is 0 Å². The summed E-state index contributed by atoms with van der Waals surface area (Å²) in [4.78, 5) is 34.0. The summed E-state index contributed by atoms with van der Waals surface area (Å²) >= 11 is 0. The Bertz CT molecular complexity index is 1100. The van der Waals surface area contributed by atoms with E-state index in [0.717, 1.165) is 5.69 Å². The fourth-order valence-corrected chi connectivity index (χ4v) is 3.69. The molecule has 2 aromatic heterocycles. The molecule has 8 heteroatoms. The minimum absolute atomic E-state index is 0.152. The third-order valence-electron chi connectivity index (χ3n) is 5.22. The van der Waals surface area contributed by atoms with Crippen molar-refractivity contribution >= 4 is 22.4 Å². The number of amides is 1. The van der Waals surface area contributed by atoms with Crippen molar-refractivity contribution in [1.82, 2.24) is 19.7 Å². The van der Waals surface area contributed by atoms with Crippen molar-refractivity contribution in [2.45, 2.75) is 13.5 Å². The van der Waals surface area contributed by atoms with Crippen LogP contribution in [0.2, 0.25) is 0 Å². The Morgan fingerprint density at radius 3 is 2.48 bits per heavy atom. The molecule has 4 rings (SSSR count). The second-order valence-electron chi connectivity index (χ2n) is 6.83. The Labute approximate surface area is 168 Å². The van der Waals surface area contributed by atoms with Crippen LogP contribution in [-0.4, -0.2) is 58.9 Å². The van der Waals surface area contributed by atoms with Crippen molar-refractivity contribution in [2.24, 2.45) is 0 Å². The third kappa shape index (κ3) is 3.41. The Morgan fingerprint density at radius 2 is 1.79 bits per heavy atom. The largest absolute Gasteiger partial charge is 0.480 e. The SMILES string of the molecule is CCn1nc(C(=O)N2CCN(c3cccnc3OC)CC2)c2ccccc2c1=O. The molecular weight excluding hydrogens is 370 g/mol. The molecule has 3 heterocycles. The molecule has 0 spiro atoms. The van der Waals surface area contributed by atoms with Crippen molar-refractivity contribution < 1.29 is 9.53 Å². The van der Waals surface area contributed by atoms with Crippen molar-refractivity contribution in [1.29, 1.82) is 0 Å². The van der Waals surface area contributed by atoms with Gasteiger partial charge in [0.25, 0.3) is 11.5 Å².